The molecule has 0 bridgehead atoms. The SMILES string of the molecule is FC(F)(F)c1ccc(N2CCN(Cc3cccc(Br)c3)CC2)nc1. The normalized spacial score (nSPS) is 16.4. The molecule has 3 nitrogen and oxygen atoms in total. The van der Waals surface area contributed by atoms with E-state index in [1.165, 1.54) is 11.6 Å². The van der Waals surface area contributed by atoms with Crippen LogP contribution in [0, 0.1) is 0 Å². The average molecular weight is 400 g/mol. The summed E-state index contributed by atoms with van der Waals surface area (Å²) in [5, 5.41) is 0. The van der Waals surface area contributed by atoms with Gasteiger partial charge in [0.2, 0.25) is 0 Å². The lowest BCUT2D eigenvalue weighted by molar-refractivity contribution is -0.137. The van der Waals surface area contributed by atoms with Gasteiger partial charge in [-0.3, -0.25) is 4.90 Å². The summed E-state index contributed by atoms with van der Waals surface area (Å²) in [4.78, 5) is 8.33. The molecule has 1 aliphatic heterocycles. The summed E-state index contributed by atoms with van der Waals surface area (Å²) in [6.45, 7) is 4.09. The molecule has 0 unspecified atom stereocenters. The van der Waals surface area contributed by atoms with Gasteiger partial charge in [-0.2, -0.15) is 13.2 Å². The molecule has 0 aliphatic carbocycles. The Bertz CT molecular complexity index is 680. The van der Waals surface area contributed by atoms with Gasteiger partial charge in [0.1, 0.15) is 5.82 Å². The maximum atomic E-state index is 12.6. The Morgan fingerprint density at radius 1 is 1.04 bits per heavy atom. The van der Waals surface area contributed by atoms with Crippen molar-refractivity contribution in [2.45, 2.75) is 12.7 Å². The van der Waals surface area contributed by atoms with Crippen LogP contribution in [0.25, 0.3) is 0 Å². The molecule has 2 aromatic rings. The molecule has 0 saturated carbocycles. The standard InChI is InChI=1S/C17H17BrF3N3/c18-15-3-1-2-13(10-15)12-23-6-8-24(9-7-23)16-5-4-14(11-22-16)17(19,20)21/h1-5,10-11H,6-9,12H2. The molecule has 1 fully saturated rings. The summed E-state index contributed by atoms with van der Waals surface area (Å²) in [7, 11) is 0. The third-order valence-electron chi connectivity index (χ3n) is 4.07. The van der Waals surface area contributed by atoms with Crippen LogP contribution in [-0.4, -0.2) is 36.1 Å². The van der Waals surface area contributed by atoms with E-state index in [4.69, 9.17) is 0 Å². The van der Waals surface area contributed by atoms with Crippen LogP contribution in [0.15, 0.2) is 47.1 Å². The fourth-order valence-corrected chi connectivity index (χ4v) is 3.22. The maximum Gasteiger partial charge on any atom is 0.417 e. The monoisotopic (exact) mass is 399 g/mol. The highest BCUT2D eigenvalue weighted by Gasteiger charge is 2.31. The van der Waals surface area contributed by atoms with Crippen molar-refractivity contribution >= 4 is 21.7 Å². The molecule has 2 heterocycles. The minimum absolute atomic E-state index is 0.602. The smallest absolute Gasteiger partial charge is 0.354 e. The Morgan fingerprint density at radius 3 is 2.38 bits per heavy atom. The predicted octanol–water partition coefficient (Wildman–Crippen LogP) is 4.19. The summed E-state index contributed by atoms with van der Waals surface area (Å²) in [6.07, 6.45) is -3.43. The van der Waals surface area contributed by atoms with Crippen LogP contribution in [0.1, 0.15) is 11.1 Å². The van der Waals surface area contributed by atoms with Crippen molar-refractivity contribution in [3.05, 3.63) is 58.2 Å². The first-order valence-corrected chi connectivity index (χ1v) is 8.46. The molecule has 24 heavy (non-hydrogen) atoms. The summed E-state index contributed by atoms with van der Waals surface area (Å²) in [5.41, 5.74) is 0.532. The number of alkyl halides is 3. The van der Waals surface area contributed by atoms with E-state index in [1.54, 1.807) is 0 Å². The number of rotatable bonds is 3. The number of pyridine rings is 1. The van der Waals surface area contributed by atoms with Gasteiger partial charge in [-0.05, 0) is 29.8 Å². The first-order chi connectivity index (χ1) is 11.4. The largest absolute Gasteiger partial charge is 0.417 e. The summed E-state index contributed by atoms with van der Waals surface area (Å²) >= 11 is 3.47. The fraction of sp³-hybridized carbons (Fsp3) is 0.353. The van der Waals surface area contributed by atoms with E-state index in [-0.39, 0.29) is 0 Å². The van der Waals surface area contributed by atoms with Gasteiger partial charge >= 0.3 is 6.18 Å². The number of halogens is 4. The van der Waals surface area contributed by atoms with Crippen molar-refractivity contribution in [1.82, 2.24) is 9.88 Å². The Kier molecular flexibility index (Phi) is 5.10. The van der Waals surface area contributed by atoms with E-state index in [0.29, 0.717) is 5.82 Å². The molecule has 1 aliphatic rings. The zero-order chi connectivity index (χ0) is 17.2. The van der Waals surface area contributed by atoms with Crippen LogP contribution < -0.4 is 4.90 Å². The number of nitrogens with zero attached hydrogens (tertiary/aromatic N) is 3. The second-order valence-electron chi connectivity index (χ2n) is 5.80. The number of piperazine rings is 1. The Hall–Kier alpha value is -1.60. The van der Waals surface area contributed by atoms with Crippen LogP contribution in [0.3, 0.4) is 0 Å². The van der Waals surface area contributed by atoms with Gasteiger partial charge in [0.15, 0.2) is 0 Å². The van der Waals surface area contributed by atoms with Gasteiger partial charge in [0.05, 0.1) is 5.56 Å². The molecule has 0 amide bonds. The number of aromatic nitrogens is 1. The third-order valence-corrected chi connectivity index (χ3v) is 4.56. The van der Waals surface area contributed by atoms with E-state index >= 15 is 0 Å². The fourth-order valence-electron chi connectivity index (χ4n) is 2.77. The number of anilines is 1. The third kappa shape index (κ3) is 4.27. The molecule has 1 aromatic carbocycles. The minimum atomic E-state index is -4.34. The molecule has 0 N–H and O–H groups in total. The molecule has 3 rings (SSSR count). The summed E-state index contributed by atoms with van der Waals surface area (Å²) in [6, 6.07) is 10.8. The highest BCUT2D eigenvalue weighted by Crippen LogP contribution is 2.29. The van der Waals surface area contributed by atoms with Crippen molar-refractivity contribution in [3.63, 3.8) is 0 Å². The first-order valence-electron chi connectivity index (χ1n) is 7.67. The number of benzene rings is 1. The number of hydrogen-bond acceptors (Lipinski definition) is 3. The van der Waals surface area contributed by atoms with Crippen LogP contribution in [0.4, 0.5) is 19.0 Å². The molecule has 7 heteroatoms. The maximum absolute atomic E-state index is 12.6. The second kappa shape index (κ2) is 7.11. The molecular weight excluding hydrogens is 383 g/mol. The van der Waals surface area contributed by atoms with E-state index in [1.807, 2.05) is 17.0 Å². The molecule has 1 saturated heterocycles. The van der Waals surface area contributed by atoms with Crippen molar-refractivity contribution in [3.8, 4) is 0 Å². The van der Waals surface area contributed by atoms with Crippen molar-refractivity contribution in [2.24, 2.45) is 0 Å². The van der Waals surface area contributed by atoms with Gasteiger partial charge in [-0.1, -0.05) is 28.1 Å². The molecule has 0 radical (unpaired) electrons. The number of hydrogen-bond donors (Lipinski definition) is 0. The zero-order valence-electron chi connectivity index (χ0n) is 12.9. The van der Waals surface area contributed by atoms with E-state index < -0.39 is 11.7 Å². The lowest BCUT2D eigenvalue weighted by Crippen LogP contribution is -2.46. The molecule has 128 valence electrons. The molecule has 1 aromatic heterocycles. The van der Waals surface area contributed by atoms with Gasteiger partial charge in [0, 0.05) is 43.4 Å². The highest BCUT2D eigenvalue weighted by molar-refractivity contribution is 9.10. The van der Waals surface area contributed by atoms with Crippen molar-refractivity contribution < 1.29 is 13.2 Å². The van der Waals surface area contributed by atoms with Gasteiger partial charge in [-0.25, -0.2) is 4.98 Å². The Balaban J connectivity index is 1.57. The van der Waals surface area contributed by atoms with Gasteiger partial charge in [-0.15, -0.1) is 0 Å². The Morgan fingerprint density at radius 2 is 1.79 bits per heavy atom. The molecule has 0 atom stereocenters. The van der Waals surface area contributed by atoms with E-state index in [9.17, 15) is 13.2 Å². The van der Waals surface area contributed by atoms with Crippen LogP contribution in [-0.2, 0) is 12.7 Å². The zero-order valence-corrected chi connectivity index (χ0v) is 14.5. The van der Waals surface area contributed by atoms with Gasteiger partial charge < -0.3 is 4.90 Å². The average Bonchev–Trinajstić information content (AvgIpc) is 2.55. The minimum Gasteiger partial charge on any atom is -0.354 e. The topological polar surface area (TPSA) is 19.4 Å². The van der Waals surface area contributed by atoms with Crippen molar-refractivity contribution in [1.29, 1.82) is 0 Å². The summed E-state index contributed by atoms with van der Waals surface area (Å²) in [5.74, 6) is 0.602. The molecular formula is C17H17BrF3N3. The Labute approximate surface area is 147 Å². The second-order valence-corrected chi connectivity index (χ2v) is 6.71. The van der Waals surface area contributed by atoms with E-state index in [2.05, 4.69) is 37.9 Å². The quantitative estimate of drug-likeness (QED) is 0.771. The van der Waals surface area contributed by atoms with Crippen LogP contribution in [0.2, 0.25) is 0 Å². The van der Waals surface area contributed by atoms with Crippen LogP contribution in [0.5, 0.6) is 0 Å². The summed E-state index contributed by atoms with van der Waals surface area (Å²) < 4.78 is 38.8. The first kappa shape index (κ1) is 17.2. The highest BCUT2D eigenvalue weighted by atomic mass is 79.9. The van der Waals surface area contributed by atoms with Crippen molar-refractivity contribution in [2.75, 3.05) is 31.1 Å². The molecule has 0 spiro atoms. The van der Waals surface area contributed by atoms with Crippen LogP contribution >= 0.6 is 15.9 Å². The van der Waals surface area contributed by atoms with E-state index in [0.717, 1.165) is 49.5 Å². The predicted molar refractivity (Wildman–Crippen MR) is 90.9 cm³/mol. The lowest BCUT2D eigenvalue weighted by Gasteiger charge is -2.35. The van der Waals surface area contributed by atoms with Gasteiger partial charge in [0.25, 0.3) is 0 Å². The lowest BCUT2D eigenvalue weighted by atomic mass is 10.2.